The van der Waals surface area contributed by atoms with E-state index in [9.17, 15) is 8.78 Å². The monoisotopic (exact) mass is 276 g/mol. The highest BCUT2D eigenvalue weighted by Crippen LogP contribution is 2.29. The van der Waals surface area contributed by atoms with Crippen LogP contribution in [0.3, 0.4) is 0 Å². The number of nitriles is 1. The van der Waals surface area contributed by atoms with E-state index < -0.39 is 11.6 Å². The fourth-order valence-electron chi connectivity index (χ4n) is 1.70. The molecule has 0 radical (unpaired) electrons. The van der Waals surface area contributed by atoms with Gasteiger partial charge < -0.3 is 5.32 Å². The molecule has 2 nitrogen and oxygen atoms in total. The second-order valence-electron chi connectivity index (χ2n) is 3.78. The average Bonchev–Trinajstić information content (AvgIpc) is 2.37. The highest BCUT2D eigenvalue weighted by molar-refractivity contribution is 7.98. The van der Waals surface area contributed by atoms with E-state index in [1.165, 1.54) is 23.9 Å². The maximum atomic E-state index is 13.1. The third kappa shape index (κ3) is 3.04. The Balaban J connectivity index is 2.41. The minimum absolute atomic E-state index is 0.271. The van der Waals surface area contributed by atoms with Crippen LogP contribution in [0.5, 0.6) is 0 Å². The van der Waals surface area contributed by atoms with Crippen molar-refractivity contribution in [3.63, 3.8) is 0 Å². The molecule has 0 amide bonds. The van der Waals surface area contributed by atoms with Gasteiger partial charge in [0.1, 0.15) is 17.7 Å². The lowest BCUT2D eigenvalue weighted by atomic mass is 10.2. The van der Waals surface area contributed by atoms with Crippen molar-refractivity contribution in [2.45, 2.75) is 4.90 Å². The van der Waals surface area contributed by atoms with Crippen molar-refractivity contribution in [1.29, 1.82) is 5.26 Å². The van der Waals surface area contributed by atoms with Crippen LogP contribution < -0.4 is 5.32 Å². The van der Waals surface area contributed by atoms with Gasteiger partial charge in [-0.05, 0) is 30.5 Å². The number of hydrogen-bond donors (Lipinski definition) is 1. The predicted molar refractivity (Wildman–Crippen MR) is 72.6 cm³/mol. The molecule has 0 heterocycles. The summed E-state index contributed by atoms with van der Waals surface area (Å²) < 4.78 is 26.2. The van der Waals surface area contributed by atoms with E-state index in [-0.39, 0.29) is 5.69 Å². The third-order valence-electron chi connectivity index (χ3n) is 2.50. The summed E-state index contributed by atoms with van der Waals surface area (Å²) in [5, 5.41) is 12.0. The number of benzene rings is 2. The normalized spacial score (nSPS) is 10.0. The molecule has 0 saturated heterocycles. The van der Waals surface area contributed by atoms with Crippen LogP contribution in [0.15, 0.2) is 41.3 Å². The van der Waals surface area contributed by atoms with Crippen molar-refractivity contribution in [2.75, 3.05) is 11.6 Å². The van der Waals surface area contributed by atoms with Crippen LogP contribution in [0.1, 0.15) is 5.56 Å². The average molecular weight is 276 g/mol. The Morgan fingerprint density at radius 1 is 1.16 bits per heavy atom. The topological polar surface area (TPSA) is 35.8 Å². The summed E-state index contributed by atoms with van der Waals surface area (Å²) in [7, 11) is 0. The van der Waals surface area contributed by atoms with Crippen LogP contribution in [0.2, 0.25) is 0 Å². The standard InChI is InChI=1S/C14H10F2N2S/c1-19-14-4-2-3-13(12(14)8-17)18-11-6-9(15)5-10(16)7-11/h2-7,18H,1H3. The Morgan fingerprint density at radius 3 is 2.42 bits per heavy atom. The molecule has 2 aromatic rings. The van der Waals surface area contributed by atoms with E-state index in [0.717, 1.165) is 11.0 Å². The number of halogens is 2. The van der Waals surface area contributed by atoms with Crippen LogP contribution >= 0.6 is 11.8 Å². The van der Waals surface area contributed by atoms with E-state index in [1.807, 2.05) is 12.3 Å². The second-order valence-corrected chi connectivity index (χ2v) is 4.63. The van der Waals surface area contributed by atoms with Crippen LogP contribution in [0.4, 0.5) is 20.2 Å². The lowest BCUT2D eigenvalue weighted by Crippen LogP contribution is -1.96. The Bertz CT molecular complexity index is 630. The molecule has 2 rings (SSSR count). The Hall–Kier alpha value is -2.06. The molecule has 2 aromatic carbocycles. The summed E-state index contributed by atoms with van der Waals surface area (Å²) in [6.07, 6.45) is 1.86. The molecule has 0 aliphatic rings. The van der Waals surface area contributed by atoms with E-state index in [4.69, 9.17) is 5.26 Å². The van der Waals surface area contributed by atoms with Gasteiger partial charge in [0.25, 0.3) is 0 Å². The first-order valence-corrected chi connectivity index (χ1v) is 6.66. The van der Waals surface area contributed by atoms with E-state index in [1.54, 1.807) is 12.1 Å². The number of hydrogen-bond acceptors (Lipinski definition) is 3. The van der Waals surface area contributed by atoms with Gasteiger partial charge >= 0.3 is 0 Å². The van der Waals surface area contributed by atoms with Crippen LogP contribution in [-0.2, 0) is 0 Å². The van der Waals surface area contributed by atoms with E-state index >= 15 is 0 Å². The molecule has 5 heteroatoms. The first kappa shape index (κ1) is 13.4. The van der Waals surface area contributed by atoms with Crippen LogP contribution in [0, 0.1) is 23.0 Å². The number of thioether (sulfide) groups is 1. The summed E-state index contributed by atoms with van der Waals surface area (Å²) >= 11 is 1.44. The molecule has 0 unspecified atom stereocenters. The number of rotatable bonds is 3. The molecule has 0 fully saturated rings. The minimum Gasteiger partial charge on any atom is -0.354 e. The van der Waals surface area contributed by atoms with Gasteiger partial charge in [-0.1, -0.05) is 6.07 Å². The summed E-state index contributed by atoms with van der Waals surface area (Å²) in [6, 6.07) is 10.5. The molecular formula is C14H10F2N2S. The van der Waals surface area contributed by atoms with Crippen molar-refractivity contribution < 1.29 is 8.78 Å². The van der Waals surface area contributed by atoms with Gasteiger partial charge in [0.05, 0.1) is 11.3 Å². The highest BCUT2D eigenvalue weighted by atomic mass is 32.2. The molecule has 0 spiro atoms. The van der Waals surface area contributed by atoms with Gasteiger partial charge in [0.2, 0.25) is 0 Å². The number of nitrogens with one attached hydrogen (secondary N) is 1. The van der Waals surface area contributed by atoms with Gasteiger partial charge in [-0.2, -0.15) is 5.26 Å². The van der Waals surface area contributed by atoms with Gasteiger partial charge in [0.15, 0.2) is 0 Å². The second kappa shape index (κ2) is 5.72. The fourth-order valence-corrected chi connectivity index (χ4v) is 2.28. The Kier molecular flexibility index (Phi) is 4.03. The van der Waals surface area contributed by atoms with Crippen LogP contribution in [0.25, 0.3) is 0 Å². The van der Waals surface area contributed by atoms with Crippen molar-refractivity contribution in [2.24, 2.45) is 0 Å². The van der Waals surface area contributed by atoms with Gasteiger partial charge in [-0.25, -0.2) is 8.78 Å². The minimum atomic E-state index is -0.665. The summed E-state index contributed by atoms with van der Waals surface area (Å²) in [5.74, 6) is -1.33. The third-order valence-corrected chi connectivity index (χ3v) is 3.28. The SMILES string of the molecule is CSc1cccc(Nc2cc(F)cc(F)c2)c1C#N. The molecule has 0 aromatic heterocycles. The molecule has 0 aliphatic heterocycles. The lowest BCUT2D eigenvalue weighted by molar-refractivity contribution is 0.584. The Morgan fingerprint density at radius 2 is 1.84 bits per heavy atom. The number of anilines is 2. The predicted octanol–water partition coefficient (Wildman–Crippen LogP) is 4.30. The largest absolute Gasteiger partial charge is 0.354 e. The first-order valence-electron chi connectivity index (χ1n) is 5.44. The molecule has 0 aliphatic carbocycles. The summed E-state index contributed by atoms with van der Waals surface area (Å²) in [4.78, 5) is 0.810. The number of nitrogens with zero attached hydrogens (tertiary/aromatic N) is 1. The molecule has 1 N–H and O–H groups in total. The maximum Gasteiger partial charge on any atom is 0.128 e. The van der Waals surface area contributed by atoms with Crippen molar-refractivity contribution in [3.8, 4) is 6.07 Å². The summed E-state index contributed by atoms with van der Waals surface area (Å²) in [6.45, 7) is 0. The fraction of sp³-hybridized carbons (Fsp3) is 0.0714. The molecule has 0 bridgehead atoms. The maximum absolute atomic E-state index is 13.1. The van der Waals surface area contributed by atoms with Crippen molar-refractivity contribution >= 4 is 23.1 Å². The molecule has 96 valence electrons. The van der Waals surface area contributed by atoms with Gasteiger partial charge in [-0.3, -0.25) is 0 Å². The molecular weight excluding hydrogens is 266 g/mol. The zero-order valence-electron chi connectivity index (χ0n) is 10.1. The highest BCUT2D eigenvalue weighted by Gasteiger charge is 2.08. The molecule has 19 heavy (non-hydrogen) atoms. The Labute approximate surface area is 114 Å². The van der Waals surface area contributed by atoms with E-state index in [0.29, 0.717) is 11.3 Å². The van der Waals surface area contributed by atoms with Crippen molar-refractivity contribution in [1.82, 2.24) is 0 Å². The van der Waals surface area contributed by atoms with Gasteiger partial charge in [-0.15, -0.1) is 11.8 Å². The van der Waals surface area contributed by atoms with Gasteiger partial charge in [0, 0.05) is 16.6 Å². The lowest BCUT2D eigenvalue weighted by Gasteiger charge is -2.10. The van der Waals surface area contributed by atoms with Crippen LogP contribution in [-0.4, -0.2) is 6.26 Å². The smallest absolute Gasteiger partial charge is 0.128 e. The molecule has 0 atom stereocenters. The summed E-state index contributed by atoms with van der Waals surface area (Å²) in [5.41, 5.74) is 1.26. The quantitative estimate of drug-likeness (QED) is 0.849. The zero-order valence-corrected chi connectivity index (χ0v) is 10.9. The van der Waals surface area contributed by atoms with Crippen molar-refractivity contribution in [3.05, 3.63) is 53.6 Å². The molecule has 0 saturated carbocycles. The van der Waals surface area contributed by atoms with E-state index in [2.05, 4.69) is 11.4 Å². The zero-order chi connectivity index (χ0) is 13.8. The first-order chi connectivity index (χ1) is 9.13.